The molecule has 0 saturated heterocycles. The number of benzene rings is 1. The summed E-state index contributed by atoms with van der Waals surface area (Å²) in [5.74, 6) is 0. The van der Waals surface area contributed by atoms with Crippen molar-refractivity contribution in [2.75, 3.05) is 0 Å². The number of hydrogen-bond acceptors (Lipinski definition) is 5. The molecule has 1 atom stereocenters. The number of nitrogens with zero attached hydrogens (tertiary/aromatic N) is 2. The molecule has 0 spiro atoms. The minimum Gasteiger partial charge on any atom is -0.318 e. The monoisotopic (exact) mass is 301 g/mol. The molecule has 0 radical (unpaired) electrons. The summed E-state index contributed by atoms with van der Waals surface area (Å²) >= 11 is 3.30. The van der Waals surface area contributed by atoms with Crippen LogP contribution in [0.25, 0.3) is 9.88 Å². The van der Waals surface area contributed by atoms with Gasteiger partial charge in [-0.3, -0.25) is 0 Å². The zero-order valence-electron chi connectivity index (χ0n) is 11.1. The van der Waals surface area contributed by atoms with Crippen molar-refractivity contribution < 1.29 is 0 Å². The molecule has 0 bridgehead atoms. The molecule has 0 fully saturated rings. The highest BCUT2D eigenvalue weighted by Crippen LogP contribution is 2.34. The Bertz CT molecular complexity index is 688. The number of aromatic nitrogens is 2. The molecule has 0 aliphatic carbocycles. The van der Waals surface area contributed by atoms with Crippen LogP contribution in [-0.4, -0.2) is 10.2 Å². The lowest BCUT2D eigenvalue weighted by molar-refractivity contribution is 0.831. The van der Waals surface area contributed by atoms with Gasteiger partial charge in [-0.2, -0.15) is 0 Å². The van der Waals surface area contributed by atoms with Crippen molar-refractivity contribution in [1.29, 1.82) is 0 Å². The number of aryl methyl sites for hydroxylation is 1. The molecule has 3 rings (SSSR count). The fourth-order valence-corrected chi connectivity index (χ4v) is 4.05. The van der Waals surface area contributed by atoms with E-state index in [2.05, 4.69) is 28.6 Å². The third kappa shape index (κ3) is 2.52. The van der Waals surface area contributed by atoms with Crippen LogP contribution in [-0.2, 0) is 6.42 Å². The van der Waals surface area contributed by atoms with Gasteiger partial charge in [-0.25, -0.2) is 0 Å². The molecule has 2 heterocycles. The van der Waals surface area contributed by atoms with Crippen LogP contribution in [0.1, 0.15) is 29.1 Å². The van der Waals surface area contributed by atoms with E-state index in [0.717, 1.165) is 22.0 Å². The molecule has 20 heavy (non-hydrogen) atoms. The number of thiophene rings is 1. The van der Waals surface area contributed by atoms with E-state index in [9.17, 15) is 0 Å². The van der Waals surface area contributed by atoms with E-state index < -0.39 is 0 Å². The maximum absolute atomic E-state index is 6.26. The molecular formula is C15H15N3S2. The lowest BCUT2D eigenvalue weighted by Gasteiger charge is -2.06. The minimum absolute atomic E-state index is 0.201. The van der Waals surface area contributed by atoms with Gasteiger partial charge in [0.25, 0.3) is 0 Å². The molecule has 102 valence electrons. The van der Waals surface area contributed by atoms with Crippen LogP contribution in [0.5, 0.6) is 0 Å². The summed E-state index contributed by atoms with van der Waals surface area (Å²) in [6.07, 6.45) is 1.01. The summed E-state index contributed by atoms with van der Waals surface area (Å²) in [6.45, 7) is 2.16. The van der Waals surface area contributed by atoms with Crippen molar-refractivity contribution >= 4 is 22.7 Å². The fourth-order valence-electron chi connectivity index (χ4n) is 2.06. The second kappa shape index (κ2) is 5.83. The Morgan fingerprint density at radius 1 is 1.15 bits per heavy atom. The van der Waals surface area contributed by atoms with Crippen LogP contribution in [0.15, 0.2) is 41.8 Å². The molecule has 1 aromatic carbocycles. The van der Waals surface area contributed by atoms with Gasteiger partial charge in [0.1, 0.15) is 5.01 Å². The standard InChI is InChI=1S/C15H15N3S2/c1-2-10-8-9-19-13(10)15-18-17-14(20-15)12(16)11-6-4-3-5-7-11/h3-9,12H,2,16H2,1H3. The largest absolute Gasteiger partial charge is 0.318 e. The normalized spacial score (nSPS) is 12.5. The van der Waals surface area contributed by atoms with E-state index >= 15 is 0 Å². The molecule has 0 amide bonds. The highest BCUT2D eigenvalue weighted by Gasteiger charge is 2.17. The van der Waals surface area contributed by atoms with E-state index in [-0.39, 0.29) is 6.04 Å². The number of hydrogen-bond donors (Lipinski definition) is 1. The van der Waals surface area contributed by atoms with Gasteiger partial charge in [0, 0.05) is 0 Å². The van der Waals surface area contributed by atoms with Gasteiger partial charge >= 0.3 is 0 Å². The van der Waals surface area contributed by atoms with Crippen molar-refractivity contribution in [3.05, 3.63) is 57.9 Å². The molecule has 5 heteroatoms. The molecule has 3 nitrogen and oxygen atoms in total. The first-order valence-electron chi connectivity index (χ1n) is 6.50. The van der Waals surface area contributed by atoms with Gasteiger partial charge in [0.05, 0.1) is 10.9 Å². The molecule has 2 aromatic heterocycles. The van der Waals surface area contributed by atoms with Crippen LogP contribution >= 0.6 is 22.7 Å². The summed E-state index contributed by atoms with van der Waals surface area (Å²) in [7, 11) is 0. The van der Waals surface area contributed by atoms with Gasteiger partial charge in [-0.05, 0) is 29.0 Å². The summed E-state index contributed by atoms with van der Waals surface area (Å²) in [6, 6.07) is 12.0. The van der Waals surface area contributed by atoms with Gasteiger partial charge < -0.3 is 5.73 Å². The highest BCUT2D eigenvalue weighted by molar-refractivity contribution is 7.21. The van der Waals surface area contributed by atoms with Crippen LogP contribution in [0.4, 0.5) is 0 Å². The van der Waals surface area contributed by atoms with Crippen molar-refractivity contribution in [3.63, 3.8) is 0 Å². The first-order chi connectivity index (χ1) is 9.79. The second-order valence-electron chi connectivity index (χ2n) is 4.46. The van der Waals surface area contributed by atoms with Crippen LogP contribution in [0.2, 0.25) is 0 Å². The zero-order valence-corrected chi connectivity index (χ0v) is 12.7. The fraction of sp³-hybridized carbons (Fsp3) is 0.200. The smallest absolute Gasteiger partial charge is 0.158 e. The minimum atomic E-state index is -0.201. The van der Waals surface area contributed by atoms with Gasteiger partial charge in [-0.1, -0.05) is 48.6 Å². The van der Waals surface area contributed by atoms with E-state index in [4.69, 9.17) is 5.73 Å². The van der Waals surface area contributed by atoms with Crippen molar-refractivity contribution in [2.45, 2.75) is 19.4 Å². The van der Waals surface area contributed by atoms with Gasteiger partial charge in [0.2, 0.25) is 0 Å². The van der Waals surface area contributed by atoms with Crippen molar-refractivity contribution in [2.24, 2.45) is 5.73 Å². The van der Waals surface area contributed by atoms with E-state index in [1.807, 2.05) is 30.3 Å². The summed E-state index contributed by atoms with van der Waals surface area (Å²) in [4.78, 5) is 1.22. The average molecular weight is 301 g/mol. The number of nitrogens with two attached hydrogens (primary N) is 1. The maximum atomic E-state index is 6.26. The quantitative estimate of drug-likeness (QED) is 0.795. The van der Waals surface area contributed by atoms with Crippen LogP contribution < -0.4 is 5.73 Å². The SMILES string of the molecule is CCc1ccsc1-c1nnc(C(N)c2ccccc2)s1. The maximum Gasteiger partial charge on any atom is 0.158 e. The Labute approximate surface area is 126 Å². The van der Waals surface area contributed by atoms with Crippen LogP contribution in [0, 0.1) is 0 Å². The highest BCUT2D eigenvalue weighted by atomic mass is 32.1. The molecule has 0 saturated carbocycles. The molecule has 2 N–H and O–H groups in total. The topological polar surface area (TPSA) is 51.8 Å². The van der Waals surface area contributed by atoms with Crippen molar-refractivity contribution in [3.8, 4) is 9.88 Å². The number of rotatable bonds is 4. The Kier molecular flexibility index (Phi) is 3.91. The summed E-state index contributed by atoms with van der Waals surface area (Å²) < 4.78 is 0. The van der Waals surface area contributed by atoms with E-state index in [1.165, 1.54) is 10.4 Å². The first kappa shape index (κ1) is 13.4. The Balaban J connectivity index is 1.91. The van der Waals surface area contributed by atoms with Gasteiger partial charge in [0.15, 0.2) is 5.01 Å². The molecule has 3 aromatic rings. The Morgan fingerprint density at radius 2 is 1.95 bits per heavy atom. The zero-order chi connectivity index (χ0) is 13.9. The molecule has 0 aliphatic rings. The third-order valence-corrected chi connectivity index (χ3v) is 5.30. The summed E-state index contributed by atoms with van der Waals surface area (Å²) in [5.41, 5.74) is 8.66. The van der Waals surface area contributed by atoms with Crippen LogP contribution in [0.3, 0.4) is 0 Å². The first-order valence-corrected chi connectivity index (χ1v) is 8.20. The van der Waals surface area contributed by atoms with E-state index in [0.29, 0.717) is 0 Å². The molecule has 1 unspecified atom stereocenters. The lowest BCUT2D eigenvalue weighted by Crippen LogP contribution is -2.11. The van der Waals surface area contributed by atoms with Crippen molar-refractivity contribution in [1.82, 2.24) is 10.2 Å². The Morgan fingerprint density at radius 3 is 2.70 bits per heavy atom. The predicted octanol–water partition coefficient (Wildman–Crippen LogP) is 3.88. The third-order valence-electron chi connectivity index (χ3n) is 3.19. The average Bonchev–Trinajstić information content (AvgIpc) is 3.15. The summed E-state index contributed by atoms with van der Waals surface area (Å²) in [5, 5.41) is 12.5. The second-order valence-corrected chi connectivity index (χ2v) is 6.39. The molecular weight excluding hydrogens is 286 g/mol. The predicted molar refractivity (Wildman–Crippen MR) is 85.1 cm³/mol. The Hall–Kier alpha value is -1.56. The van der Waals surface area contributed by atoms with Gasteiger partial charge in [-0.15, -0.1) is 21.5 Å². The lowest BCUT2D eigenvalue weighted by atomic mass is 10.1. The van der Waals surface area contributed by atoms with E-state index in [1.54, 1.807) is 22.7 Å². The molecule has 0 aliphatic heterocycles.